The smallest absolute Gasteiger partial charge is 0.459 e. The van der Waals surface area contributed by atoms with Crippen LogP contribution in [0.25, 0.3) is 0 Å². The number of aliphatic hydroxyl groups is 1. The van der Waals surface area contributed by atoms with Gasteiger partial charge in [-0.25, -0.2) is 19.2 Å². The maximum absolute atomic E-state index is 15.8. The predicted molar refractivity (Wildman–Crippen MR) is 153 cm³/mol. The number of aliphatic hydroxyl groups excluding tert-OH is 1. The second-order valence-electron chi connectivity index (χ2n) is 9.80. The lowest BCUT2D eigenvalue weighted by Crippen LogP contribution is -2.43. The molecule has 1 fully saturated rings. The van der Waals surface area contributed by atoms with Crippen molar-refractivity contribution < 1.29 is 42.2 Å². The van der Waals surface area contributed by atoms with Crippen LogP contribution >= 0.6 is 7.75 Å². The maximum Gasteiger partial charge on any atom is 0.459 e. The number of hydrogen-bond acceptors (Lipinski definition) is 11. The number of nitrogens with one attached hydrogen (secondary N) is 2. The van der Waals surface area contributed by atoms with Crippen LogP contribution in [0, 0.1) is 0 Å². The summed E-state index contributed by atoms with van der Waals surface area (Å²) >= 11 is 0. The lowest BCUT2D eigenvalue weighted by atomic mass is 9.98. The first-order chi connectivity index (χ1) is 20.5. The van der Waals surface area contributed by atoms with Gasteiger partial charge in [-0.2, -0.15) is 10.1 Å². The Morgan fingerprint density at radius 1 is 1.19 bits per heavy atom. The number of carbonyl (C=O) groups is 1. The molecule has 43 heavy (non-hydrogen) atoms. The van der Waals surface area contributed by atoms with Crippen molar-refractivity contribution in [2.75, 3.05) is 18.7 Å². The van der Waals surface area contributed by atoms with Gasteiger partial charge in [0.25, 0.3) is 0 Å². The third-order valence-corrected chi connectivity index (χ3v) is 8.07. The van der Waals surface area contributed by atoms with Crippen LogP contribution in [0.15, 0.2) is 77.7 Å². The molecule has 2 aromatic carbocycles. The van der Waals surface area contributed by atoms with Crippen LogP contribution in [0.5, 0.6) is 5.75 Å². The Morgan fingerprint density at radius 2 is 1.86 bits per heavy atom. The van der Waals surface area contributed by atoms with Gasteiger partial charge in [-0.3, -0.25) is 18.7 Å². The van der Waals surface area contributed by atoms with Gasteiger partial charge in [-0.15, -0.1) is 0 Å². The molecule has 232 valence electrons. The van der Waals surface area contributed by atoms with Crippen molar-refractivity contribution in [3.8, 4) is 5.75 Å². The first kappa shape index (κ1) is 32.3. The fourth-order valence-electron chi connectivity index (χ4n) is 4.20. The first-order valence-electron chi connectivity index (χ1n) is 13.5. The van der Waals surface area contributed by atoms with Crippen molar-refractivity contribution in [2.24, 2.45) is 0 Å². The number of benzene rings is 2. The average molecular weight is 621 g/mol. The van der Waals surface area contributed by atoms with E-state index in [0.29, 0.717) is 0 Å². The minimum Gasteiger partial charge on any atom is -0.465 e. The molecule has 1 aromatic heterocycles. The molecule has 0 spiro atoms. The minimum atomic E-state index is -4.30. The fraction of sp³-hybridized carbons (Fsp3) is 0.393. The van der Waals surface area contributed by atoms with Crippen LogP contribution < -0.4 is 20.8 Å². The van der Waals surface area contributed by atoms with E-state index in [4.69, 9.17) is 23.4 Å². The zero-order chi connectivity index (χ0) is 31.0. The molecule has 0 bridgehead atoms. The highest BCUT2D eigenvalue weighted by Gasteiger charge is 2.56. The highest BCUT2D eigenvalue weighted by Crippen LogP contribution is 2.47. The molecule has 13 nitrogen and oxygen atoms in total. The van der Waals surface area contributed by atoms with Gasteiger partial charge in [0.05, 0.1) is 19.8 Å². The van der Waals surface area contributed by atoms with Crippen LogP contribution in [0.3, 0.4) is 0 Å². The molecule has 0 amide bonds. The Kier molecular flexibility index (Phi) is 10.7. The molecule has 6 atom stereocenters. The van der Waals surface area contributed by atoms with E-state index in [1.54, 1.807) is 25.1 Å². The number of halogens is 1. The maximum atomic E-state index is 15.8. The number of aromatic nitrogens is 2. The zero-order valence-corrected chi connectivity index (χ0v) is 24.7. The lowest BCUT2D eigenvalue weighted by Gasteiger charge is -2.25. The van der Waals surface area contributed by atoms with Gasteiger partial charge in [0.15, 0.2) is 17.7 Å². The summed E-state index contributed by atoms with van der Waals surface area (Å²) in [5.41, 5.74) is 0.102. The zero-order valence-electron chi connectivity index (χ0n) is 23.8. The molecule has 0 aliphatic carbocycles. The molecule has 0 saturated carbocycles. The number of anilines is 1. The largest absolute Gasteiger partial charge is 0.465 e. The molecule has 0 radical (unpaired) electrons. The minimum absolute atomic E-state index is 0.0805. The van der Waals surface area contributed by atoms with Gasteiger partial charge in [0.2, 0.25) is 0 Å². The van der Waals surface area contributed by atoms with Crippen LogP contribution in [0.1, 0.15) is 32.6 Å². The quantitative estimate of drug-likeness (QED) is 0.137. The molecule has 1 aliphatic rings. The molecule has 2 heterocycles. The summed E-state index contributed by atoms with van der Waals surface area (Å²) < 4.78 is 52.1. The second kappa shape index (κ2) is 14.2. The van der Waals surface area contributed by atoms with E-state index in [-0.39, 0.29) is 24.8 Å². The number of alkyl halides is 1. The van der Waals surface area contributed by atoms with E-state index in [0.717, 1.165) is 17.1 Å². The Balaban J connectivity index is 1.44. The van der Waals surface area contributed by atoms with E-state index in [9.17, 15) is 19.3 Å². The molecule has 1 saturated heterocycles. The van der Waals surface area contributed by atoms with Crippen LogP contribution in [0.2, 0.25) is 0 Å². The standard InChI is InChI=1S/C28H34FN4O9P/c1-4-38-25(35)19(2)32-43(37,42-21-13-9-6-10-14-21)40-18-22-24(34)28(3,29)26(41-22)33-16-15-23(30-27(33)36)31-39-17-20-11-7-5-8-12-20/h5-16,19,22,24,26,34H,4,17-18H2,1-3H3,(H,32,37)(H,30,31,36)/t19-,22+,24+,26+,28+,43?/m0/s1. The molecule has 4 rings (SSSR count). The van der Waals surface area contributed by atoms with Gasteiger partial charge >= 0.3 is 19.4 Å². The van der Waals surface area contributed by atoms with E-state index in [2.05, 4.69) is 15.6 Å². The van der Waals surface area contributed by atoms with E-state index < -0.39 is 56.2 Å². The van der Waals surface area contributed by atoms with Gasteiger partial charge < -0.3 is 19.1 Å². The lowest BCUT2D eigenvalue weighted by molar-refractivity contribution is -0.144. The SMILES string of the molecule is CCOC(=O)[C@H](C)NP(=O)(OC[C@H]1O[C@@H](n2ccc(NOCc3ccccc3)nc2=O)[C@](C)(F)[C@@H]1O)Oc1ccccc1. The Hall–Kier alpha value is -3.65. The molecular weight excluding hydrogens is 586 g/mol. The van der Waals surface area contributed by atoms with Crippen molar-refractivity contribution in [3.63, 3.8) is 0 Å². The second-order valence-corrected chi connectivity index (χ2v) is 11.5. The van der Waals surface area contributed by atoms with Crippen molar-refractivity contribution in [1.29, 1.82) is 0 Å². The third-order valence-electron chi connectivity index (χ3n) is 6.43. The summed E-state index contributed by atoms with van der Waals surface area (Å²) in [7, 11) is -4.30. The number of esters is 1. The van der Waals surface area contributed by atoms with Crippen LogP contribution in [-0.4, -0.2) is 57.8 Å². The molecule has 15 heteroatoms. The number of nitrogens with zero attached hydrogens (tertiary/aromatic N) is 2. The Morgan fingerprint density at radius 3 is 2.51 bits per heavy atom. The number of ether oxygens (including phenoxy) is 2. The monoisotopic (exact) mass is 620 g/mol. The highest BCUT2D eigenvalue weighted by atomic mass is 31.2. The Labute approximate surface area is 247 Å². The fourth-order valence-corrected chi connectivity index (χ4v) is 5.71. The highest BCUT2D eigenvalue weighted by molar-refractivity contribution is 7.52. The van der Waals surface area contributed by atoms with Gasteiger partial charge in [-0.05, 0) is 44.5 Å². The summed E-state index contributed by atoms with van der Waals surface area (Å²) in [6.07, 6.45) is -3.54. The summed E-state index contributed by atoms with van der Waals surface area (Å²) in [4.78, 5) is 34.2. The molecule has 1 aliphatic heterocycles. The van der Waals surface area contributed by atoms with Crippen molar-refractivity contribution in [3.05, 3.63) is 89.0 Å². The molecule has 1 unspecified atom stereocenters. The van der Waals surface area contributed by atoms with Gasteiger partial charge in [-0.1, -0.05) is 48.5 Å². The van der Waals surface area contributed by atoms with E-state index in [1.807, 2.05) is 30.3 Å². The molecular formula is C28H34FN4O9P. The van der Waals surface area contributed by atoms with Crippen LogP contribution in [0.4, 0.5) is 10.2 Å². The predicted octanol–water partition coefficient (Wildman–Crippen LogP) is 3.52. The summed E-state index contributed by atoms with van der Waals surface area (Å²) in [5.74, 6) is -0.460. The number of rotatable bonds is 14. The van der Waals surface area contributed by atoms with Gasteiger partial charge in [0, 0.05) is 6.20 Å². The number of carbonyl (C=O) groups excluding carboxylic acids is 1. The van der Waals surface area contributed by atoms with Gasteiger partial charge in [0.1, 0.15) is 24.0 Å². The summed E-state index contributed by atoms with van der Waals surface area (Å²) in [5, 5.41) is 13.3. The normalized spacial score (nSPS) is 23.7. The van der Waals surface area contributed by atoms with E-state index in [1.165, 1.54) is 31.3 Å². The van der Waals surface area contributed by atoms with Crippen molar-refractivity contribution in [2.45, 2.75) is 57.5 Å². The van der Waals surface area contributed by atoms with Crippen molar-refractivity contribution >= 4 is 19.5 Å². The summed E-state index contributed by atoms with van der Waals surface area (Å²) in [6.45, 7) is 3.76. The number of para-hydroxylation sites is 1. The molecule has 3 N–H and O–H groups in total. The van der Waals surface area contributed by atoms with Crippen LogP contribution in [-0.2, 0) is 34.8 Å². The van der Waals surface area contributed by atoms with E-state index >= 15 is 4.39 Å². The third kappa shape index (κ3) is 8.25. The number of hydrogen-bond donors (Lipinski definition) is 3. The van der Waals surface area contributed by atoms with Crippen molar-refractivity contribution in [1.82, 2.24) is 14.6 Å². The summed E-state index contributed by atoms with van der Waals surface area (Å²) in [6, 6.07) is 17.6. The first-order valence-corrected chi connectivity index (χ1v) is 15.0. The average Bonchev–Trinajstić information content (AvgIpc) is 3.21. The Bertz CT molecular complexity index is 1460. The molecule has 3 aromatic rings. The topological polar surface area (TPSA) is 159 Å².